The molecule has 30 heavy (non-hydrogen) atoms. The summed E-state index contributed by atoms with van der Waals surface area (Å²) < 4.78 is 42.6. The number of nitrogens with zero attached hydrogens (tertiary/aromatic N) is 5. The zero-order valence-corrected chi connectivity index (χ0v) is 16.6. The van der Waals surface area contributed by atoms with Gasteiger partial charge in [-0.1, -0.05) is 12.1 Å². The number of rotatable bonds is 3. The third kappa shape index (κ3) is 3.52. The molecule has 0 spiro atoms. The van der Waals surface area contributed by atoms with Crippen LogP contribution in [0.2, 0.25) is 0 Å². The number of anilines is 1. The van der Waals surface area contributed by atoms with Gasteiger partial charge >= 0.3 is 6.18 Å². The summed E-state index contributed by atoms with van der Waals surface area (Å²) in [6.45, 7) is 4.02. The summed E-state index contributed by atoms with van der Waals surface area (Å²) in [7, 11) is 0. The highest BCUT2D eigenvalue weighted by molar-refractivity contribution is 5.60. The van der Waals surface area contributed by atoms with Crippen molar-refractivity contribution in [2.45, 2.75) is 38.9 Å². The average Bonchev–Trinajstić information content (AvgIpc) is 3.35. The van der Waals surface area contributed by atoms with E-state index in [1.165, 1.54) is 6.92 Å². The molecule has 5 nitrogen and oxygen atoms in total. The molecule has 3 heterocycles. The lowest BCUT2D eigenvalue weighted by molar-refractivity contribution is -0.137. The largest absolute Gasteiger partial charge is 0.417 e. The number of imidazole rings is 1. The molecular formula is C22H20F3N5. The first-order chi connectivity index (χ1) is 14.3. The lowest BCUT2D eigenvalue weighted by Gasteiger charge is -2.28. The van der Waals surface area contributed by atoms with Crippen LogP contribution in [0.25, 0.3) is 5.69 Å². The lowest BCUT2D eigenvalue weighted by atomic mass is 10.1. The SMILES string of the molecule is Cc1cccc(-n2ccnc2C2CCCN2c2nc(C)cc(C(F)(F)F)c2C#N)c1. The third-order valence-electron chi connectivity index (χ3n) is 5.32. The highest BCUT2D eigenvalue weighted by atomic mass is 19.4. The molecule has 8 heteroatoms. The summed E-state index contributed by atoms with van der Waals surface area (Å²) in [5.74, 6) is 0.796. The van der Waals surface area contributed by atoms with E-state index in [2.05, 4.69) is 9.97 Å². The minimum absolute atomic E-state index is 0.0751. The number of benzene rings is 1. The molecule has 0 radical (unpaired) electrons. The third-order valence-corrected chi connectivity index (χ3v) is 5.32. The van der Waals surface area contributed by atoms with Gasteiger partial charge in [-0.25, -0.2) is 9.97 Å². The molecule has 1 fully saturated rings. The van der Waals surface area contributed by atoms with Crippen LogP contribution in [0.3, 0.4) is 0 Å². The molecular weight excluding hydrogens is 391 g/mol. The monoisotopic (exact) mass is 411 g/mol. The smallest absolute Gasteiger partial charge is 0.345 e. The fraction of sp³-hybridized carbons (Fsp3) is 0.318. The Morgan fingerprint density at radius 3 is 2.70 bits per heavy atom. The molecule has 2 aromatic heterocycles. The van der Waals surface area contributed by atoms with Crippen molar-refractivity contribution in [2.75, 3.05) is 11.4 Å². The van der Waals surface area contributed by atoms with Gasteiger partial charge in [0.25, 0.3) is 0 Å². The van der Waals surface area contributed by atoms with Gasteiger partial charge in [0.05, 0.1) is 11.6 Å². The summed E-state index contributed by atoms with van der Waals surface area (Å²) in [5.41, 5.74) is 0.873. The Kier molecular flexibility index (Phi) is 4.98. The zero-order chi connectivity index (χ0) is 21.5. The van der Waals surface area contributed by atoms with Crippen LogP contribution in [0.4, 0.5) is 19.0 Å². The number of alkyl halides is 3. The maximum absolute atomic E-state index is 13.6. The molecule has 0 bridgehead atoms. The Hall–Kier alpha value is -3.34. The Morgan fingerprint density at radius 2 is 2.00 bits per heavy atom. The molecule has 3 aromatic rings. The standard InChI is InChI=1S/C22H20F3N5/c1-14-5-3-6-16(11-14)29-10-8-27-21(29)19-7-4-9-30(19)20-17(13-26)18(22(23,24)25)12-15(2)28-20/h3,5-6,8,10-12,19H,4,7,9H2,1-2H3. The van der Waals surface area contributed by atoms with Gasteiger partial charge in [-0.2, -0.15) is 18.4 Å². The van der Waals surface area contributed by atoms with Crippen LogP contribution in [-0.4, -0.2) is 21.1 Å². The number of hydrogen-bond donors (Lipinski definition) is 0. The summed E-state index contributed by atoms with van der Waals surface area (Å²) in [6, 6.07) is 10.3. The maximum atomic E-state index is 13.6. The predicted molar refractivity (Wildman–Crippen MR) is 106 cm³/mol. The van der Waals surface area contributed by atoms with Gasteiger partial charge < -0.3 is 9.47 Å². The molecule has 4 rings (SSSR count). The topological polar surface area (TPSA) is 57.7 Å². The van der Waals surface area contributed by atoms with Gasteiger partial charge in [0, 0.05) is 30.3 Å². The van der Waals surface area contributed by atoms with Crippen LogP contribution in [0, 0.1) is 25.2 Å². The maximum Gasteiger partial charge on any atom is 0.417 e. The van der Waals surface area contributed by atoms with Gasteiger partial charge in [-0.15, -0.1) is 0 Å². The fourth-order valence-corrected chi connectivity index (χ4v) is 4.04. The second kappa shape index (κ2) is 7.48. The van der Waals surface area contributed by atoms with Crippen LogP contribution in [-0.2, 0) is 6.18 Å². The van der Waals surface area contributed by atoms with Crippen LogP contribution in [0.5, 0.6) is 0 Å². The summed E-state index contributed by atoms with van der Waals surface area (Å²) >= 11 is 0. The Labute approximate surface area is 172 Å². The quantitative estimate of drug-likeness (QED) is 0.601. The predicted octanol–water partition coefficient (Wildman–Crippen LogP) is 5.12. The van der Waals surface area contributed by atoms with Crippen molar-refractivity contribution in [1.29, 1.82) is 5.26 Å². The van der Waals surface area contributed by atoms with E-state index in [9.17, 15) is 18.4 Å². The van der Waals surface area contributed by atoms with E-state index in [4.69, 9.17) is 0 Å². The van der Waals surface area contributed by atoms with Crippen LogP contribution in [0.1, 0.15) is 47.1 Å². The van der Waals surface area contributed by atoms with Crippen LogP contribution < -0.4 is 4.90 Å². The summed E-state index contributed by atoms with van der Waals surface area (Å²) in [4.78, 5) is 10.6. The van der Waals surface area contributed by atoms with Crippen molar-refractivity contribution in [1.82, 2.24) is 14.5 Å². The Balaban J connectivity index is 1.82. The normalized spacial score (nSPS) is 16.7. The number of aryl methyl sites for hydroxylation is 2. The molecule has 1 unspecified atom stereocenters. The van der Waals surface area contributed by atoms with E-state index in [1.54, 1.807) is 17.2 Å². The first kappa shape index (κ1) is 20.0. The molecule has 1 saturated heterocycles. The van der Waals surface area contributed by atoms with E-state index >= 15 is 0 Å². The van der Waals surface area contributed by atoms with E-state index in [0.29, 0.717) is 13.0 Å². The molecule has 1 aliphatic rings. The van der Waals surface area contributed by atoms with E-state index in [0.717, 1.165) is 29.6 Å². The van der Waals surface area contributed by atoms with Crippen molar-refractivity contribution < 1.29 is 13.2 Å². The molecule has 154 valence electrons. The van der Waals surface area contributed by atoms with Gasteiger partial charge in [-0.3, -0.25) is 0 Å². The minimum atomic E-state index is -4.62. The first-order valence-electron chi connectivity index (χ1n) is 9.65. The van der Waals surface area contributed by atoms with Crippen molar-refractivity contribution in [3.8, 4) is 11.8 Å². The molecule has 1 atom stereocenters. The van der Waals surface area contributed by atoms with Gasteiger partial charge in [0.15, 0.2) is 0 Å². The molecule has 1 aromatic carbocycles. The summed E-state index contributed by atoms with van der Waals surface area (Å²) in [6.07, 6.45) is 0.390. The summed E-state index contributed by atoms with van der Waals surface area (Å²) in [5, 5.41) is 9.56. The second-order valence-corrected chi connectivity index (χ2v) is 7.47. The number of halogens is 3. The average molecular weight is 411 g/mol. The highest BCUT2D eigenvalue weighted by Gasteiger charge is 2.39. The van der Waals surface area contributed by atoms with Gasteiger partial charge in [0.1, 0.15) is 23.3 Å². The number of pyridine rings is 1. The minimum Gasteiger partial charge on any atom is -0.345 e. The number of hydrogen-bond acceptors (Lipinski definition) is 4. The van der Waals surface area contributed by atoms with Crippen LogP contribution in [0.15, 0.2) is 42.7 Å². The Morgan fingerprint density at radius 1 is 1.20 bits per heavy atom. The number of aromatic nitrogens is 3. The molecule has 1 aliphatic heterocycles. The van der Waals surface area contributed by atoms with Gasteiger partial charge in [-0.05, 0) is 50.5 Å². The van der Waals surface area contributed by atoms with E-state index in [-0.39, 0.29) is 17.6 Å². The van der Waals surface area contributed by atoms with Crippen molar-refractivity contribution in [3.05, 3.63) is 70.9 Å². The van der Waals surface area contributed by atoms with E-state index < -0.39 is 17.3 Å². The van der Waals surface area contributed by atoms with Gasteiger partial charge in [0.2, 0.25) is 0 Å². The molecule has 0 aliphatic carbocycles. The molecule has 0 saturated carbocycles. The first-order valence-corrected chi connectivity index (χ1v) is 9.65. The number of nitriles is 1. The fourth-order valence-electron chi connectivity index (χ4n) is 4.04. The second-order valence-electron chi connectivity index (χ2n) is 7.47. The Bertz CT molecular complexity index is 1130. The van der Waals surface area contributed by atoms with Crippen LogP contribution >= 0.6 is 0 Å². The zero-order valence-electron chi connectivity index (χ0n) is 16.6. The highest BCUT2D eigenvalue weighted by Crippen LogP contribution is 2.41. The van der Waals surface area contributed by atoms with Crippen molar-refractivity contribution in [2.24, 2.45) is 0 Å². The van der Waals surface area contributed by atoms with Crippen molar-refractivity contribution in [3.63, 3.8) is 0 Å². The van der Waals surface area contributed by atoms with E-state index in [1.807, 2.05) is 42.0 Å². The molecule has 0 amide bonds. The lowest BCUT2D eigenvalue weighted by Crippen LogP contribution is -2.28. The molecule has 0 N–H and O–H groups in total. The van der Waals surface area contributed by atoms with Crippen molar-refractivity contribution >= 4 is 5.82 Å².